The Bertz CT molecular complexity index is 703. The summed E-state index contributed by atoms with van der Waals surface area (Å²) < 4.78 is 23.0. The molecule has 114 valence electrons. The van der Waals surface area contributed by atoms with Crippen molar-refractivity contribution in [3.8, 4) is 0 Å². The maximum absolute atomic E-state index is 12.3. The number of amides is 1. The predicted octanol–water partition coefficient (Wildman–Crippen LogP) is -0.911. The molecule has 0 bridgehead atoms. The second-order valence-electron chi connectivity index (χ2n) is 4.83. The van der Waals surface area contributed by atoms with Gasteiger partial charge in [0.25, 0.3) is 5.91 Å². The highest BCUT2D eigenvalue weighted by Crippen LogP contribution is 2.19. The van der Waals surface area contributed by atoms with E-state index in [1.807, 2.05) is 0 Å². The summed E-state index contributed by atoms with van der Waals surface area (Å²) in [6.07, 6.45) is 1.40. The monoisotopic (exact) mass is 314 g/mol. The number of carboxylic acid groups (broad SMARTS) is 1. The van der Waals surface area contributed by atoms with Crippen LogP contribution in [0.25, 0.3) is 0 Å². The highest BCUT2D eigenvalue weighted by molar-refractivity contribution is 7.91. The fourth-order valence-electron chi connectivity index (χ4n) is 2.24. The maximum Gasteiger partial charge on any atom is 0.323 e. The Morgan fingerprint density at radius 2 is 2.10 bits per heavy atom. The lowest BCUT2D eigenvalue weighted by molar-refractivity contribution is -0.138. The Labute approximate surface area is 120 Å². The number of rotatable bonds is 4. The minimum absolute atomic E-state index is 0.0628. The Hall–Kier alpha value is -2.16. The summed E-state index contributed by atoms with van der Waals surface area (Å²) in [5, 5.41) is 8.91. The van der Waals surface area contributed by atoms with Gasteiger partial charge in [0.1, 0.15) is 6.54 Å². The smallest absolute Gasteiger partial charge is 0.323 e. The number of aliphatic carboxylic acids is 1. The van der Waals surface area contributed by atoms with Crippen LogP contribution in [0.15, 0.2) is 23.1 Å². The van der Waals surface area contributed by atoms with Gasteiger partial charge in [0.2, 0.25) is 5.56 Å². The molecule has 0 aliphatic carbocycles. The van der Waals surface area contributed by atoms with E-state index in [0.29, 0.717) is 0 Å². The Morgan fingerprint density at radius 3 is 2.57 bits per heavy atom. The van der Waals surface area contributed by atoms with Gasteiger partial charge in [0.15, 0.2) is 9.84 Å². The summed E-state index contributed by atoms with van der Waals surface area (Å²) in [6.45, 7) is -0.585. The Morgan fingerprint density at radius 1 is 1.38 bits per heavy atom. The van der Waals surface area contributed by atoms with Crippen molar-refractivity contribution in [3.05, 3.63) is 34.2 Å². The van der Waals surface area contributed by atoms with Crippen LogP contribution in [-0.2, 0) is 14.6 Å². The molecule has 1 aromatic heterocycles. The van der Waals surface area contributed by atoms with Crippen molar-refractivity contribution in [2.45, 2.75) is 12.5 Å². The maximum atomic E-state index is 12.3. The number of carboxylic acids is 1. The van der Waals surface area contributed by atoms with Gasteiger partial charge in [0.05, 0.1) is 17.1 Å². The van der Waals surface area contributed by atoms with E-state index < -0.39 is 34.3 Å². The quantitative estimate of drug-likeness (QED) is 0.741. The summed E-state index contributed by atoms with van der Waals surface area (Å²) in [6, 6.07) is 1.77. The zero-order valence-electron chi connectivity index (χ0n) is 11.0. The van der Waals surface area contributed by atoms with Crippen LogP contribution in [0.1, 0.15) is 16.8 Å². The first-order valence-electron chi connectivity index (χ1n) is 6.20. The van der Waals surface area contributed by atoms with Gasteiger partial charge in [-0.1, -0.05) is 0 Å². The number of hydrogen-bond acceptors (Lipinski definition) is 5. The second-order valence-corrected chi connectivity index (χ2v) is 7.05. The average molecular weight is 314 g/mol. The number of sulfone groups is 1. The molecule has 9 heteroatoms. The van der Waals surface area contributed by atoms with E-state index in [0.717, 1.165) is 11.0 Å². The molecule has 8 nitrogen and oxygen atoms in total. The first-order valence-corrected chi connectivity index (χ1v) is 8.02. The highest BCUT2D eigenvalue weighted by atomic mass is 32.2. The van der Waals surface area contributed by atoms with Crippen molar-refractivity contribution >= 4 is 21.7 Å². The predicted molar refractivity (Wildman–Crippen MR) is 72.8 cm³/mol. The van der Waals surface area contributed by atoms with Gasteiger partial charge in [-0.3, -0.25) is 14.4 Å². The topological polar surface area (TPSA) is 125 Å². The zero-order chi connectivity index (χ0) is 15.6. The molecule has 0 radical (unpaired) electrons. The van der Waals surface area contributed by atoms with E-state index in [1.165, 1.54) is 12.3 Å². The fourth-order valence-corrected chi connectivity index (χ4v) is 3.97. The molecule has 0 aromatic carbocycles. The Balaban J connectivity index is 2.27. The van der Waals surface area contributed by atoms with Crippen LogP contribution in [0.5, 0.6) is 0 Å². The van der Waals surface area contributed by atoms with Crippen molar-refractivity contribution in [2.75, 3.05) is 18.1 Å². The van der Waals surface area contributed by atoms with Crippen LogP contribution in [-0.4, -0.2) is 59.4 Å². The number of nitrogens with zero attached hydrogens (tertiary/aromatic N) is 1. The molecule has 1 atom stereocenters. The minimum Gasteiger partial charge on any atom is -0.480 e. The lowest BCUT2D eigenvalue weighted by Gasteiger charge is -2.26. The molecule has 1 aromatic rings. The van der Waals surface area contributed by atoms with Gasteiger partial charge in [0, 0.05) is 18.3 Å². The molecule has 2 N–H and O–H groups in total. The SMILES string of the molecule is O=C(O)CN(C(=O)c1ccc(=O)[nH]c1)C1CCS(=O)(=O)C1. The summed E-state index contributed by atoms with van der Waals surface area (Å²) in [5.41, 5.74) is -0.278. The molecule has 1 fully saturated rings. The molecule has 1 aliphatic rings. The minimum atomic E-state index is -3.24. The normalized spacial score (nSPS) is 20.1. The molecule has 2 heterocycles. The molecule has 0 saturated carbocycles. The lowest BCUT2D eigenvalue weighted by atomic mass is 10.1. The number of H-pyrrole nitrogens is 1. The van der Waals surface area contributed by atoms with Crippen LogP contribution in [0.4, 0.5) is 0 Å². The van der Waals surface area contributed by atoms with Crippen LogP contribution in [0.2, 0.25) is 0 Å². The molecule has 1 amide bonds. The highest BCUT2D eigenvalue weighted by Gasteiger charge is 2.35. The van der Waals surface area contributed by atoms with Gasteiger partial charge in [-0.2, -0.15) is 0 Å². The van der Waals surface area contributed by atoms with Gasteiger partial charge in [-0.25, -0.2) is 8.42 Å². The summed E-state index contributed by atoms with van der Waals surface area (Å²) >= 11 is 0. The Kier molecular flexibility index (Phi) is 4.12. The van der Waals surface area contributed by atoms with Gasteiger partial charge in [-0.05, 0) is 12.5 Å². The molecular weight excluding hydrogens is 300 g/mol. The fraction of sp³-hybridized carbons (Fsp3) is 0.417. The molecule has 1 saturated heterocycles. The van der Waals surface area contributed by atoms with Crippen LogP contribution in [0.3, 0.4) is 0 Å². The number of carbonyl (C=O) groups is 2. The summed E-state index contributed by atoms with van der Waals surface area (Å²) in [7, 11) is -3.24. The first-order chi connectivity index (χ1) is 9.78. The molecule has 21 heavy (non-hydrogen) atoms. The van der Waals surface area contributed by atoms with E-state index in [4.69, 9.17) is 5.11 Å². The summed E-state index contributed by atoms with van der Waals surface area (Å²) in [5.74, 6) is -2.14. The third kappa shape index (κ3) is 3.69. The van der Waals surface area contributed by atoms with Gasteiger partial charge in [-0.15, -0.1) is 0 Å². The van der Waals surface area contributed by atoms with E-state index >= 15 is 0 Å². The van der Waals surface area contributed by atoms with Gasteiger partial charge >= 0.3 is 5.97 Å². The third-order valence-electron chi connectivity index (χ3n) is 3.25. The largest absolute Gasteiger partial charge is 0.480 e. The first kappa shape index (κ1) is 15.2. The number of aromatic nitrogens is 1. The molecule has 1 unspecified atom stereocenters. The van der Waals surface area contributed by atoms with Crippen molar-refractivity contribution < 1.29 is 23.1 Å². The lowest BCUT2D eigenvalue weighted by Crippen LogP contribution is -2.44. The van der Waals surface area contributed by atoms with E-state index in [-0.39, 0.29) is 29.0 Å². The number of hydrogen-bond donors (Lipinski definition) is 2. The number of carbonyl (C=O) groups excluding carboxylic acids is 1. The van der Waals surface area contributed by atoms with E-state index in [9.17, 15) is 22.8 Å². The molecular formula is C12H14N2O6S. The van der Waals surface area contributed by atoms with Crippen molar-refractivity contribution in [1.82, 2.24) is 9.88 Å². The average Bonchev–Trinajstić information content (AvgIpc) is 2.76. The van der Waals surface area contributed by atoms with Crippen LogP contribution >= 0.6 is 0 Å². The zero-order valence-corrected chi connectivity index (χ0v) is 11.8. The number of nitrogens with one attached hydrogen (secondary N) is 1. The van der Waals surface area contributed by atoms with Crippen LogP contribution < -0.4 is 5.56 Å². The van der Waals surface area contributed by atoms with Crippen molar-refractivity contribution in [3.63, 3.8) is 0 Å². The number of aromatic amines is 1. The molecule has 0 spiro atoms. The molecule has 1 aliphatic heterocycles. The van der Waals surface area contributed by atoms with E-state index in [1.54, 1.807) is 0 Å². The standard InChI is InChI=1S/C12H14N2O6S/c15-10-2-1-8(5-13-10)12(18)14(6-11(16)17)9-3-4-21(19,20)7-9/h1-2,5,9H,3-4,6-7H2,(H,13,15)(H,16,17). The van der Waals surface area contributed by atoms with Crippen LogP contribution in [0, 0.1) is 0 Å². The van der Waals surface area contributed by atoms with Gasteiger partial charge < -0.3 is 15.0 Å². The third-order valence-corrected chi connectivity index (χ3v) is 5.00. The van der Waals surface area contributed by atoms with Crippen molar-refractivity contribution in [1.29, 1.82) is 0 Å². The molecule has 2 rings (SSSR count). The van der Waals surface area contributed by atoms with Crippen molar-refractivity contribution in [2.24, 2.45) is 0 Å². The summed E-state index contributed by atoms with van der Waals surface area (Å²) in [4.78, 5) is 37.6. The number of pyridine rings is 1. The second kappa shape index (κ2) is 5.68. The van der Waals surface area contributed by atoms with E-state index in [2.05, 4.69) is 4.98 Å².